The quantitative estimate of drug-likeness (QED) is 0.763. The van der Waals surface area contributed by atoms with Gasteiger partial charge < -0.3 is 19.3 Å². The molecule has 0 aliphatic heterocycles. The lowest BCUT2D eigenvalue weighted by Gasteiger charge is -2.10. The van der Waals surface area contributed by atoms with Gasteiger partial charge in [0.05, 0.1) is 14.2 Å². The molecule has 0 saturated carbocycles. The van der Waals surface area contributed by atoms with Crippen LogP contribution >= 0.6 is 0 Å². The Morgan fingerprint density at radius 1 is 1.04 bits per heavy atom. The number of rotatable bonds is 5. The van der Waals surface area contributed by atoms with Gasteiger partial charge in [0.1, 0.15) is 17.0 Å². The molecule has 1 heterocycles. The van der Waals surface area contributed by atoms with E-state index in [1.807, 2.05) is 30.3 Å². The van der Waals surface area contributed by atoms with Gasteiger partial charge in [-0.05, 0) is 19.1 Å². The monoisotopic (exact) mass is 338 g/mol. The van der Waals surface area contributed by atoms with E-state index >= 15 is 0 Å². The minimum Gasteiger partial charge on any atom is -0.493 e. The number of hydrogen-bond acceptors (Lipinski definition) is 5. The average Bonchev–Trinajstić information content (AvgIpc) is 3.04. The van der Waals surface area contributed by atoms with Gasteiger partial charge in [0.2, 0.25) is 0 Å². The molecule has 0 radical (unpaired) electrons. The van der Waals surface area contributed by atoms with Crippen molar-refractivity contribution in [2.45, 2.75) is 6.92 Å². The smallest absolute Gasteiger partial charge is 0.261 e. The molecule has 0 fully saturated rings. The molecule has 0 unspecified atom stereocenters. The predicted octanol–water partition coefficient (Wildman–Crippen LogP) is 3.92. The van der Waals surface area contributed by atoms with E-state index in [0.29, 0.717) is 34.2 Å². The summed E-state index contributed by atoms with van der Waals surface area (Å²) in [4.78, 5) is 12.8. The molecule has 3 rings (SSSR count). The lowest BCUT2D eigenvalue weighted by atomic mass is 10.1. The van der Waals surface area contributed by atoms with Gasteiger partial charge in [0.25, 0.3) is 5.91 Å². The third kappa shape index (κ3) is 3.33. The Balaban J connectivity index is 1.91. The third-order valence-corrected chi connectivity index (χ3v) is 3.78. The van der Waals surface area contributed by atoms with Crippen LogP contribution in [0.2, 0.25) is 0 Å². The molecule has 6 heteroatoms. The van der Waals surface area contributed by atoms with Crippen LogP contribution in [0.3, 0.4) is 0 Å². The summed E-state index contributed by atoms with van der Waals surface area (Å²) in [5.41, 5.74) is 2.32. The SMILES string of the molecule is COc1ccc(NC(=O)c2c(-c3ccccc3)noc2C)cc1OC. The van der Waals surface area contributed by atoms with E-state index < -0.39 is 0 Å². The van der Waals surface area contributed by atoms with Crippen molar-refractivity contribution in [2.24, 2.45) is 0 Å². The van der Waals surface area contributed by atoms with Crippen LogP contribution in [-0.4, -0.2) is 25.3 Å². The van der Waals surface area contributed by atoms with E-state index in [1.54, 1.807) is 39.3 Å². The van der Waals surface area contributed by atoms with Gasteiger partial charge in [0, 0.05) is 17.3 Å². The van der Waals surface area contributed by atoms with Crippen molar-refractivity contribution in [3.8, 4) is 22.8 Å². The maximum atomic E-state index is 12.8. The van der Waals surface area contributed by atoms with E-state index in [0.717, 1.165) is 5.56 Å². The number of aryl methyl sites for hydroxylation is 1. The third-order valence-electron chi connectivity index (χ3n) is 3.78. The van der Waals surface area contributed by atoms with Gasteiger partial charge in [-0.15, -0.1) is 0 Å². The minimum absolute atomic E-state index is 0.301. The Morgan fingerprint density at radius 2 is 1.76 bits per heavy atom. The summed E-state index contributed by atoms with van der Waals surface area (Å²) in [7, 11) is 3.10. The number of amides is 1. The van der Waals surface area contributed by atoms with Gasteiger partial charge in [-0.3, -0.25) is 4.79 Å². The molecule has 0 saturated heterocycles. The molecular weight excluding hydrogens is 320 g/mol. The van der Waals surface area contributed by atoms with Crippen molar-refractivity contribution < 1.29 is 18.8 Å². The summed E-state index contributed by atoms with van der Waals surface area (Å²) in [6.07, 6.45) is 0. The van der Waals surface area contributed by atoms with Gasteiger partial charge in [-0.2, -0.15) is 0 Å². The van der Waals surface area contributed by atoms with Gasteiger partial charge >= 0.3 is 0 Å². The summed E-state index contributed by atoms with van der Waals surface area (Å²) in [6, 6.07) is 14.6. The van der Waals surface area contributed by atoms with Crippen molar-refractivity contribution in [1.82, 2.24) is 5.16 Å². The largest absolute Gasteiger partial charge is 0.493 e. The maximum Gasteiger partial charge on any atom is 0.261 e. The van der Waals surface area contributed by atoms with Crippen molar-refractivity contribution >= 4 is 11.6 Å². The molecule has 0 aliphatic carbocycles. The lowest BCUT2D eigenvalue weighted by molar-refractivity contribution is 0.102. The van der Waals surface area contributed by atoms with Crippen LogP contribution in [0.4, 0.5) is 5.69 Å². The van der Waals surface area contributed by atoms with E-state index in [9.17, 15) is 4.79 Å². The van der Waals surface area contributed by atoms with Crippen LogP contribution < -0.4 is 14.8 Å². The van der Waals surface area contributed by atoms with Crippen LogP contribution in [-0.2, 0) is 0 Å². The molecule has 0 bridgehead atoms. The summed E-state index contributed by atoms with van der Waals surface area (Å²) < 4.78 is 15.7. The number of anilines is 1. The first-order valence-corrected chi connectivity index (χ1v) is 7.69. The number of benzene rings is 2. The topological polar surface area (TPSA) is 73.6 Å². The van der Waals surface area contributed by atoms with Crippen LogP contribution in [0.1, 0.15) is 16.1 Å². The maximum absolute atomic E-state index is 12.8. The van der Waals surface area contributed by atoms with Crippen molar-refractivity contribution in [3.05, 3.63) is 59.9 Å². The zero-order chi connectivity index (χ0) is 17.8. The van der Waals surface area contributed by atoms with Gasteiger partial charge in [0.15, 0.2) is 11.5 Å². The first-order chi connectivity index (χ1) is 12.1. The minimum atomic E-state index is -0.301. The van der Waals surface area contributed by atoms with E-state index in [2.05, 4.69) is 10.5 Å². The Bertz CT molecular complexity index is 888. The van der Waals surface area contributed by atoms with Crippen LogP contribution in [0.25, 0.3) is 11.3 Å². The Hall–Kier alpha value is -3.28. The number of nitrogens with one attached hydrogen (secondary N) is 1. The molecular formula is C19H18N2O4. The van der Waals surface area contributed by atoms with Crippen LogP contribution in [0, 0.1) is 6.92 Å². The zero-order valence-corrected chi connectivity index (χ0v) is 14.2. The number of nitrogens with zero attached hydrogens (tertiary/aromatic N) is 1. The second-order valence-electron chi connectivity index (χ2n) is 5.35. The fourth-order valence-electron chi connectivity index (χ4n) is 2.54. The molecule has 1 amide bonds. The first kappa shape index (κ1) is 16.6. The van der Waals surface area contributed by atoms with Crippen molar-refractivity contribution in [3.63, 3.8) is 0 Å². The summed E-state index contributed by atoms with van der Waals surface area (Å²) >= 11 is 0. The lowest BCUT2D eigenvalue weighted by Crippen LogP contribution is -2.13. The number of methoxy groups -OCH3 is 2. The fourth-order valence-corrected chi connectivity index (χ4v) is 2.54. The molecule has 2 aromatic carbocycles. The fraction of sp³-hybridized carbons (Fsp3) is 0.158. The molecule has 0 atom stereocenters. The predicted molar refractivity (Wildman–Crippen MR) is 94.2 cm³/mol. The van der Waals surface area contributed by atoms with E-state index in [1.165, 1.54) is 0 Å². The molecule has 128 valence electrons. The highest BCUT2D eigenvalue weighted by Gasteiger charge is 2.22. The van der Waals surface area contributed by atoms with Gasteiger partial charge in [-0.1, -0.05) is 35.5 Å². The van der Waals surface area contributed by atoms with E-state index in [-0.39, 0.29) is 5.91 Å². The molecule has 3 aromatic rings. The average molecular weight is 338 g/mol. The highest BCUT2D eigenvalue weighted by molar-refractivity contribution is 6.08. The normalized spacial score (nSPS) is 10.4. The summed E-state index contributed by atoms with van der Waals surface area (Å²) in [6.45, 7) is 1.71. The summed E-state index contributed by atoms with van der Waals surface area (Å²) in [5, 5.41) is 6.88. The molecule has 0 spiro atoms. The second-order valence-corrected chi connectivity index (χ2v) is 5.35. The van der Waals surface area contributed by atoms with Crippen LogP contribution in [0.15, 0.2) is 53.1 Å². The number of hydrogen-bond donors (Lipinski definition) is 1. The number of carbonyl (C=O) groups is 1. The number of aromatic nitrogens is 1. The molecule has 1 N–H and O–H groups in total. The Labute approximate surface area is 145 Å². The molecule has 1 aromatic heterocycles. The molecule has 25 heavy (non-hydrogen) atoms. The number of ether oxygens (including phenoxy) is 2. The van der Waals surface area contributed by atoms with E-state index in [4.69, 9.17) is 14.0 Å². The van der Waals surface area contributed by atoms with Crippen molar-refractivity contribution in [1.29, 1.82) is 0 Å². The standard InChI is InChI=1S/C19H18N2O4/c1-12-17(18(21-25-12)13-7-5-4-6-8-13)19(22)20-14-9-10-15(23-2)16(11-14)24-3/h4-11H,1-3H3,(H,20,22). The Kier molecular flexibility index (Phi) is 4.70. The van der Waals surface area contributed by atoms with Gasteiger partial charge in [-0.25, -0.2) is 0 Å². The zero-order valence-electron chi connectivity index (χ0n) is 14.2. The summed E-state index contributed by atoms with van der Waals surface area (Å²) in [5.74, 6) is 1.28. The first-order valence-electron chi connectivity index (χ1n) is 7.69. The Morgan fingerprint density at radius 3 is 2.44 bits per heavy atom. The van der Waals surface area contributed by atoms with Crippen LogP contribution in [0.5, 0.6) is 11.5 Å². The highest BCUT2D eigenvalue weighted by atomic mass is 16.5. The number of carbonyl (C=O) groups excluding carboxylic acids is 1. The van der Waals surface area contributed by atoms with Crippen molar-refractivity contribution in [2.75, 3.05) is 19.5 Å². The highest BCUT2D eigenvalue weighted by Crippen LogP contribution is 2.31. The molecule has 6 nitrogen and oxygen atoms in total. The molecule has 0 aliphatic rings. The second kappa shape index (κ2) is 7.09.